The minimum absolute atomic E-state index is 0.274. The summed E-state index contributed by atoms with van der Waals surface area (Å²) in [5, 5.41) is 1.97. The summed E-state index contributed by atoms with van der Waals surface area (Å²) in [4.78, 5) is 34.1. The molecule has 1 fully saturated rings. The first kappa shape index (κ1) is 10.7. The fraction of sp³-hybridized carbons (Fsp3) is 0.667. The van der Waals surface area contributed by atoms with Crippen molar-refractivity contribution in [3.05, 3.63) is 0 Å². The van der Waals surface area contributed by atoms with E-state index in [1.165, 1.54) is 0 Å². The molecule has 0 radical (unpaired) electrons. The zero-order chi connectivity index (χ0) is 10.7. The van der Waals surface area contributed by atoms with Crippen LogP contribution in [0.25, 0.3) is 0 Å². The number of carbonyl (C=O) groups is 3. The second-order valence-electron chi connectivity index (χ2n) is 3.36. The number of hydrogen-bond acceptors (Lipinski definition) is 3. The Balaban J connectivity index is 2.64. The van der Waals surface area contributed by atoms with Crippen molar-refractivity contribution in [2.75, 3.05) is 6.54 Å². The number of urea groups is 1. The van der Waals surface area contributed by atoms with Crippen molar-refractivity contribution >= 4 is 17.8 Å². The van der Waals surface area contributed by atoms with Crippen molar-refractivity contribution in [3.8, 4) is 0 Å². The van der Waals surface area contributed by atoms with Gasteiger partial charge in [0.15, 0.2) is 0 Å². The second-order valence-corrected chi connectivity index (χ2v) is 3.36. The van der Waals surface area contributed by atoms with Gasteiger partial charge in [0.2, 0.25) is 0 Å². The molecule has 14 heavy (non-hydrogen) atoms. The Kier molecular flexibility index (Phi) is 3.22. The van der Waals surface area contributed by atoms with Crippen molar-refractivity contribution in [2.24, 2.45) is 5.92 Å². The van der Waals surface area contributed by atoms with Crippen molar-refractivity contribution in [2.45, 2.75) is 26.7 Å². The summed E-state index contributed by atoms with van der Waals surface area (Å²) in [5.41, 5.74) is 0. The maximum atomic E-state index is 11.2. The van der Waals surface area contributed by atoms with Gasteiger partial charge in [-0.3, -0.25) is 19.8 Å². The van der Waals surface area contributed by atoms with Crippen LogP contribution in [0, 0.1) is 5.92 Å². The van der Waals surface area contributed by atoms with Gasteiger partial charge < -0.3 is 0 Å². The molecule has 1 saturated heterocycles. The van der Waals surface area contributed by atoms with E-state index in [1.54, 1.807) is 0 Å². The van der Waals surface area contributed by atoms with E-state index in [-0.39, 0.29) is 5.92 Å². The van der Waals surface area contributed by atoms with E-state index >= 15 is 0 Å². The quantitative estimate of drug-likeness (QED) is 0.528. The third kappa shape index (κ3) is 1.92. The molecule has 0 aromatic rings. The Labute approximate surface area is 82.4 Å². The van der Waals surface area contributed by atoms with Crippen LogP contribution in [0.15, 0.2) is 0 Å². The molecule has 0 bridgehead atoms. The average molecular weight is 198 g/mol. The number of rotatable bonds is 4. The largest absolute Gasteiger partial charge is 0.331 e. The van der Waals surface area contributed by atoms with E-state index in [9.17, 15) is 14.4 Å². The van der Waals surface area contributed by atoms with Gasteiger partial charge in [0.05, 0.1) is 0 Å². The van der Waals surface area contributed by atoms with Crippen LogP contribution in [-0.2, 0) is 9.59 Å². The molecule has 0 saturated carbocycles. The monoisotopic (exact) mass is 198 g/mol. The SMILES string of the molecule is CCC(CC)CN1C(=O)NC(=O)C1=O. The molecule has 0 atom stereocenters. The predicted octanol–water partition coefficient (Wildman–Crippen LogP) is 0.501. The van der Waals surface area contributed by atoms with Crippen LogP contribution in [0.2, 0.25) is 0 Å². The highest BCUT2D eigenvalue weighted by Crippen LogP contribution is 2.12. The van der Waals surface area contributed by atoms with E-state index in [0.717, 1.165) is 17.7 Å². The lowest BCUT2D eigenvalue weighted by Gasteiger charge is -2.17. The van der Waals surface area contributed by atoms with Gasteiger partial charge >= 0.3 is 17.8 Å². The molecule has 0 aliphatic carbocycles. The van der Waals surface area contributed by atoms with E-state index < -0.39 is 17.8 Å². The number of imide groups is 2. The molecule has 1 N–H and O–H groups in total. The molecule has 0 aromatic carbocycles. The van der Waals surface area contributed by atoms with Crippen molar-refractivity contribution in [1.82, 2.24) is 10.2 Å². The van der Waals surface area contributed by atoms with E-state index in [4.69, 9.17) is 0 Å². The molecule has 1 rings (SSSR count). The van der Waals surface area contributed by atoms with Crippen LogP contribution in [0.3, 0.4) is 0 Å². The van der Waals surface area contributed by atoms with Crippen LogP contribution in [0.1, 0.15) is 26.7 Å². The smallest absolute Gasteiger partial charge is 0.269 e. The Morgan fingerprint density at radius 2 is 1.79 bits per heavy atom. The fourth-order valence-electron chi connectivity index (χ4n) is 1.40. The van der Waals surface area contributed by atoms with Gasteiger partial charge in [-0.15, -0.1) is 0 Å². The molecule has 0 spiro atoms. The molecule has 5 heteroatoms. The second kappa shape index (κ2) is 4.21. The number of nitrogens with one attached hydrogen (secondary N) is 1. The molecule has 0 unspecified atom stereocenters. The van der Waals surface area contributed by atoms with Crippen molar-refractivity contribution < 1.29 is 14.4 Å². The Hall–Kier alpha value is -1.39. The average Bonchev–Trinajstić information content (AvgIpc) is 2.40. The summed E-state index contributed by atoms with van der Waals surface area (Å²) < 4.78 is 0. The summed E-state index contributed by atoms with van der Waals surface area (Å²) in [6.07, 6.45) is 1.78. The first-order chi connectivity index (χ1) is 6.60. The van der Waals surface area contributed by atoms with Crippen LogP contribution < -0.4 is 5.32 Å². The summed E-state index contributed by atoms with van der Waals surface area (Å²) in [7, 11) is 0. The van der Waals surface area contributed by atoms with Crippen molar-refractivity contribution in [1.29, 1.82) is 0 Å². The summed E-state index contributed by atoms with van der Waals surface area (Å²) in [5.74, 6) is -1.28. The van der Waals surface area contributed by atoms with Crippen LogP contribution in [0.5, 0.6) is 0 Å². The van der Waals surface area contributed by atoms with Gasteiger partial charge in [0.1, 0.15) is 0 Å². The zero-order valence-electron chi connectivity index (χ0n) is 8.37. The number of amides is 4. The first-order valence-corrected chi connectivity index (χ1v) is 4.76. The van der Waals surface area contributed by atoms with Gasteiger partial charge in [0, 0.05) is 6.54 Å². The molecule has 4 amide bonds. The van der Waals surface area contributed by atoms with E-state index in [1.807, 2.05) is 19.2 Å². The van der Waals surface area contributed by atoms with E-state index in [0.29, 0.717) is 6.54 Å². The van der Waals surface area contributed by atoms with Gasteiger partial charge in [-0.25, -0.2) is 4.79 Å². The lowest BCUT2D eigenvalue weighted by molar-refractivity contribution is -0.140. The molecule has 0 aromatic heterocycles. The molecule has 1 aliphatic heterocycles. The van der Waals surface area contributed by atoms with Crippen LogP contribution in [0.4, 0.5) is 4.79 Å². The zero-order valence-corrected chi connectivity index (χ0v) is 8.37. The molecule has 1 heterocycles. The first-order valence-electron chi connectivity index (χ1n) is 4.76. The molecule has 78 valence electrons. The van der Waals surface area contributed by atoms with E-state index in [2.05, 4.69) is 0 Å². The lowest BCUT2D eigenvalue weighted by atomic mass is 10.0. The Morgan fingerprint density at radius 1 is 1.21 bits per heavy atom. The van der Waals surface area contributed by atoms with Gasteiger partial charge in [-0.1, -0.05) is 26.7 Å². The number of hydrogen-bond donors (Lipinski definition) is 1. The van der Waals surface area contributed by atoms with Crippen LogP contribution >= 0.6 is 0 Å². The van der Waals surface area contributed by atoms with Gasteiger partial charge in [-0.05, 0) is 5.92 Å². The molecule has 5 nitrogen and oxygen atoms in total. The van der Waals surface area contributed by atoms with Gasteiger partial charge in [-0.2, -0.15) is 0 Å². The topological polar surface area (TPSA) is 66.5 Å². The Bertz CT molecular complexity index is 271. The lowest BCUT2D eigenvalue weighted by Crippen LogP contribution is -2.35. The highest BCUT2D eigenvalue weighted by Gasteiger charge is 2.37. The fourth-order valence-corrected chi connectivity index (χ4v) is 1.40. The third-order valence-corrected chi connectivity index (χ3v) is 2.50. The summed E-state index contributed by atoms with van der Waals surface area (Å²) in [6.45, 7) is 4.33. The number of carbonyl (C=O) groups excluding carboxylic acids is 3. The standard InChI is InChI=1S/C9H14N2O3/c1-3-6(4-2)5-11-8(13)7(12)10-9(11)14/h6H,3-5H2,1-2H3,(H,10,12,14). The Morgan fingerprint density at radius 3 is 2.14 bits per heavy atom. The molecule has 1 aliphatic rings. The normalized spacial score (nSPS) is 16.8. The molecular weight excluding hydrogens is 184 g/mol. The molecular formula is C9H14N2O3. The highest BCUT2D eigenvalue weighted by molar-refractivity contribution is 6.44. The van der Waals surface area contributed by atoms with Crippen LogP contribution in [-0.4, -0.2) is 29.3 Å². The maximum Gasteiger partial charge on any atom is 0.331 e. The predicted molar refractivity (Wildman–Crippen MR) is 49.3 cm³/mol. The summed E-state index contributed by atoms with van der Waals surface area (Å²) in [6, 6.07) is -0.591. The van der Waals surface area contributed by atoms with Crippen molar-refractivity contribution in [3.63, 3.8) is 0 Å². The van der Waals surface area contributed by atoms with Gasteiger partial charge in [0.25, 0.3) is 0 Å². The summed E-state index contributed by atoms with van der Waals surface area (Å²) >= 11 is 0. The highest BCUT2D eigenvalue weighted by atomic mass is 16.2. The minimum Gasteiger partial charge on any atom is -0.269 e. The number of nitrogens with zero attached hydrogens (tertiary/aromatic N) is 1. The minimum atomic E-state index is -0.819. The third-order valence-electron chi connectivity index (χ3n) is 2.50. The maximum absolute atomic E-state index is 11.2.